The minimum absolute atomic E-state index is 0.0425. The summed E-state index contributed by atoms with van der Waals surface area (Å²) in [6, 6.07) is 3.59. The zero-order valence-electron chi connectivity index (χ0n) is 11.0. The number of hydrogen-bond acceptors (Lipinski definition) is 2. The SMILES string of the molecule is Cc1cc([B-](F)(F)F)ccc1OCC1CCC(C)O1. The third-order valence-corrected chi connectivity index (χ3v) is 3.32. The van der Waals surface area contributed by atoms with E-state index in [1.807, 2.05) is 6.92 Å². The molecular weight excluding hydrogens is 256 g/mol. The fourth-order valence-corrected chi connectivity index (χ4v) is 2.23. The van der Waals surface area contributed by atoms with E-state index in [4.69, 9.17) is 9.47 Å². The second kappa shape index (κ2) is 5.45. The van der Waals surface area contributed by atoms with E-state index in [1.165, 1.54) is 6.07 Å². The molecule has 1 fully saturated rings. The summed E-state index contributed by atoms with van der Waals surface area (Å²) in [7, 11) is 0. The quantitative estimate of drug-likeness (QED) is 0.785. The van der Waals surface area contributed by atoms with Crippen LogP contribution in [0.15, 0.2) is 18.2 Å². The van der Waals surface area contributed by atoms with Gasteiger partial charge in [0.2, 0.25) is 0 Å². The molecule has 1 aliphatic rings. The van der Waals surface area contributed by atoms with Gasteiger partial charge in [-0.05, 0) is 38.3 Å². The van der Waals surface area contributed by atoms with Crippen molar-refractivity contribution in [2.45, 2.75) is 38.9 Å². The Hall–Kier alpha value is -1.17. The average molecular weight is 273 g/mol. The maximum atomic E-state index is 12.6. The highest BCUT2D eigenvalue weighted by Gasteiger charge is 2.26. The molecule has 6 heteroatoms. The summed E-state index contributed by atoms with van der Waals surface area (Å²) in [4.78, 5) is 0. The minimum atomic E-state index is -4.95. The third kappa shape index (κ3) is 3.66. The van der Waals surface area contributed by atoms with Gasteiger partial charge < -0.3 is 22.4 Å². The molecule has 0 bridgehead atoms. The summed E-state index contributed by atoms with van der Waals surface area (Å²) < 4.78 is 48.9. The second-order valence-corrected chi connectivity index (χ2v) is 5.06. The second-order valence-electron chi connectivity index (χ2n) is 5.06. The van der Waals surface area contributed by atoms with Gasteiger partial charge in [0.15, 0.2) is 0 Å². The molecule has 1 saturated heterocycles. The van der Waals surface area contributed by atoms with Crippen molar-refractivity contribution >= 4 is 12.4 Å². The van der Waals surface area contributed by atoms with E-state index >= 15 is 0 Å². The van der Waals surface area contributed by atoms with E-state index in [2.05, 4.69) is 0 Å². The fourth-order valence-electron chi connectivity index (χ4n) is 2.23. The van der Waals surface area contributed by atoms with Crippen LogP contribution in [0.2, 0.25) is 0 Å². The molecule has 1 aliphatic heterocycles. The first-order valence-corrected chi connectivity index (χ1v) is 6.45. The largest absolute Gasteiger partial charge is 0.509 e. The van der Waals surface area contributed by atoms with Crippen LogP contribution in [0.1, 0.15) is 25.3 Å². The number of halogens is 3. The van der Waals surface area contributed by atoms with Gasteiger partial charge in [0.05, 0.1) is 12.2 Å². The average Bonchev–Trinajstić information content (AvgIpc) is 2.72. The zero-order chi connectivity index (χ0) is 14.0. The van der Waals surface area contributed by atoms with Crippen molar-refractivity contribution in [3.05, 3.63) is 23.8 Å². The lowest BCUT2D eigenvalue weighted by Gasteiger charge is -2.18. The van der Waals surface area contributed by atoms with Crippen molar-refractivity contribution in [1.29, 1.82) is 0 Å². The molecule has 106 valence electrons. The Kier molecular flexibility index (Phi) is 4.09. The van der Waals surface area contributed by atoms with Gasteiger partial charge in [-0.2, -0.15) is 0 Å². The van der Waals surface area contributed by atoms with Gasteiger partial charge >= 0.3 is 6.98 Å². The molecule has 0 saturated carbocycles. The number of aryl methyl sites for hydroxylation is 1. The van der Waals surface area contributed by atoms with Gasteiger partial charge in [-0.1, -0.05) is 12.1 Å². The zero-order valence-corrected chi connectivity index (χ0v) is 11.0. The Morgan fingerprint density at radius 2 is 2.05 bits per heavy atom. The van der Waals surface area contributed by atoms with E-state index < -0.39 is 12.4 Å². The molecule has 1 aromatic carbocycles. The molecule has 19 heavy (non-hydrogen) atoms. The van der Waals surface area contributed by atoms with Crippen molar-refractivity contribution in [1.82, 2.24) is 0 Å². The first kappa shape index (κ1) is 14.2. The first-order chi connectivity index (χ1) is 8.86. The van der Waals surface area contributed by atoms with Crippen molar-refractivity contribution < 1.29 is 22.4 Å². The molecule has 2 atom stereocenters. The summed E-state index contributed by atoms with van der Waals surface area (Å²) in [6.07, 6.45) is 2.22. The van der Waals surface area contributed by atoms with E-state index in [-0.39, 0.29) is 12.2 Å². The summed E-state index contributed by atoms with van der Waals surface area (Å²) in [6.45, 7) is -0.928. The van der Waals surface area contributed by atoms with Crippen LogP contribution in [0.3, 0.4) is 0 Å². The maximum absolute atomic E-state index is 12.6. The van der Waals surface area contributed by atoms with Crippen molar-refractivity contribution in [3.8, 4) is 5.75 Å². The molecule has 1 aromatic rings. The van der Waals surface area contributed by atoms with E-state index in [9.17, 15) is 12.9 Å². The normalized spacial score (nSPS) is 23.6. The fraction of sp³-hybridized carbons (Fsp3) is 0.538. The van der Waals surface area contributed by atoms with Crippen LogP contribution in [0.5, 0.6) is 5.75 Å². The lowest BCUT2D eigenvalue weighted by atomic mass is 9.79. The Balaban J connectivity index is 1.98. The summed E-state index contributed by atoms with van der Waals surface area (Å²) >= 11 is 0. The number of ether oxygens (including phenoxy) is 2. The lowest BCUT2D eigenvalue weighted by Crippen LogP contribution is -2.34. The number of rotatable bonds is 4. The molecular formula is C13H17BF3O2-. The van der Waals surface area contributed by atoms with Crippen molar-refractivity contribution in [2.75, 3.05) is 6.61 Å². The predicted octanol–water partition coefficient (Wildman–Crippen LogP) is 3.00. The molecule has 1 heterocycles. The van der Waals surface area contributed by atoms with Crippen LogP contribution in [0.4, 0.5) is 12.9 Å². The summed E-state index contributed by atoms with van der Waals surface area (Å²) in [5.74, 6) is 0.493. The third-order valence-electron chi connectivity index (χ3n) is 3.32. The minimum Gasteiger partial charge on any atom is -0.491 e. The monoisotopic (exact) mass is 273 g/mol. The van der Waals surface area contributed by atoms with Gasteiger partial charge in [-0.3, -0.25) is 0 Å². The van der Waals surface area contributed by atoms with Gasteiger partial charge in [-0.25, -0.2) is 0 Å². The molecule has 2 rings (SSSR count). The van der Waals surface area contributed by atoms with Crippen LogP contribution in [0, 0.1) is 6.92 Å². The molecule has 0 radical (unpaired) electrons. The van der Waals surface area contributed by atoms with Gasteiger partial charge in [0.1, 0.15) is 12.4 Å². The Morgan fingerprint density at radius 3 is 2.58 bits per heavy atom. The van der Waals surface area contributed by atoms with Crippen molar-refractivity contribution in [2.24, 2.45) is 0 Å². The number of hydrogen-bond donors (Lipinski definition) is 0. The van der Waals surface area contributed by atoms with Gasteiger partial charge in [0, 0.05) is 0 Å². The molecule has 0 aromatic heterocycles. The van der Waals surface area contributed by atoms with Crippen LogP contribution in [-0.2, 0) is 4.74 Å². The molecule has 2 unspecified atom stereocenters. The molecule has 2 nitrogen and oxygen atoms in total. The molecule has 0 aliphatic carbocycles. The first-order valence-electron chi connectivity index (χ1n) is 6.45. The van der Waals surface area contributed by atoms with E-state index in [0.29, 0.717) is 17.9 Å². The summed E-state index contributed by atoms with van der Waals surface area (Å²) in [5.41, 5.74) is -0.0849. The van der Waals surface area contributed by atoms with Crippen LogP contribution in [-0.4, -0.2) is 25.8 Å². The highest BCUT2D eigenvalue weighted by molar-refractivity contribution is 6.73. The standard InChI is InChI=1S/C13H17BF3O2/c1-9-7-11(14(15,16)17)4-6-13(9)18-8-12-5-3-10(2)19-12/h4,6-7,10,12H,3,5,8H2,1-2H3/q-1. The van der Waals surface area contributed by atoms with Crippen LogP contribution in [0.25, 0.3) is 0 Å². The Bertz CT molecular complexity index is 448. The van der Waals surface area contributed by atoms with Gasteiger partial charge in [-0.15, -0.1) is 5.46 Å². The van der Waals surface area contributed by atoms with Crippen LogP contribution >= 0.6 is 0 Å². The Morgan fingerprint density at radius 1 is 1.32 bits per heavy atom. The molecule has 0 N–H and O–H groups in total. The highest BCUT2D eigenvalue weighted by Crippen LogP contribution is 2.23. The number of benzene rings is 1. The smallest absolute Gasteiger partial charge is 0.491 e. The maximum Gasteiger partial charge on any atom is 0.509 e. The highest BCUT2D eigenvalue weighted by atomic mass is 19.4. The van der Waals surface area contributed by atoms with E-state index in [0.717, 1.165) is 25.0 Å². The van der Waals surface area contributed by atoms with Crippen molar-refractivity contribution in [3.63, 3.8) is 0 Å². The predicted molar refractivity (Wildman–Crippen MR) is 69.0 cm³/mol. The van der Waals surface area contributed by atoms with Gasteiger partial charge in [0.25, 0.3) is 0 Å². The van der Waals surface area contributed by atoms with E-state index in [1.54, 1.807) is 6.92 Å². The Labute approximate surface area is 111 Å². The topological polar surface area (TPSA) is 18.5 Å². The molecule has 0 amide bonds. The lowest BCUT2D eigenvalue weighted by molar-refractivity contribution is 0.0263. The summed E-state index contributed by atoms with van der Waals surface area (Å²) in [5, 5.41) is 0. The molecule has 0 spiro atoms. The van der Waals surface area contributed by atoms with Crippen LogP contribution < -0.4 is 10.2 Å².